The summed E-state index contributed by atoms with van der Waals surface area (Å²) in [6, 6.07) is 15.6. The lowest BCUT2D eigenvalue weighted by Crippen LogP contribution is -2.13. The number of hydrogen-bond acceptors (Lipinski definition) is 0. The average molecular weight is 338 g/mol. The Hall–Kier alpha value is -2.42. The lowest BCUT2D eigenvalue weighted by atomic mass is 9.90. The highest BCUT2D eigenvalue weighted by Gasteiger charge is 2.18. The van der Waals surface area contributed by atoms with E-state index in [4.69, 9.17) is 0 Å². The van der Waals surface area contributed by atoms with E-state index >= 15 is 0 Å². The summed E-state index contributed by atoms with van der Waals surface area (Å²) in [4.78, 5) is 0. The SMILES string of the molecule is [CH2]C(C)(C)Cc1cc(-c2cc(F)ccc2F)cn1Cc1ccccc1. The second-order valence-electron chi connectivity index (χ2n) is 7.30. The van der Waals surface area contributed by atoms with Gasteiger partial charge in [-0.3, -0.25) is 0 Å². The normalized spacial score (nSPS) is 11.7. The van der Waals surface area contributed by atoms with Gasteiger partial charge in [-0.1, -0.05) is 44.2 Å². The fourth-order valence-electron chi connectivity index (χ4n) is 2.99. The largest absolute Gasteiger partial charge is 0.346 e. The third kappa shape index (κ3) is 4.36. The molecule has 2 aromatic carbocycles. The molecule has 1 radical (unpaired) electrons. The van der Waals surface area contributed by atoms with Gasteiger partial charge in [-0.25, -0.2) is 8.78 Å². The molecule has 0 bridgehead atoms. The molecule has 0 aliphatic heterocycles. The van der Waals surface area contributed by atoms with Gasteiger partial charge in [0.05, 0.1) is 0 Å². The molecule has 3 heteroatoms. The minimum absolute atomic E-state index is 0.148. The molecule has 0 aliphatic carbocycles. The first-order chi connectivity index (χ1) is 11.8. The molecule has 0 fully saturated rings. The van der Waals surface area contributed by atoms with E-state index in [2.05, 4.69) is 37.5 Å². The average Bonchev–Trinajstić information content (AvgIpc) is 2.91. The van der Waals surface area contributed by atoms with E-state index in [0.717, 1.165) is 23.7 Å². The van der Waals surface area contributed by atoms with E-state index in [1.54, 1.807) is 0 Å². The molecule has 3 rings (SSSR count). The van der Waals surface area contributed by atoms with E-state index in [1.165, 1.54) is 12.1 Å². The van der Waals surface area contributed by atoms with Gasteiger partial charge in [0.25, 0.3) is 0 Å². The van der Waals surface area contributed by atoms with Gasteiger partial charge < -0.3 is 4.57 Å². The maximum absolute atomic E-state index is 14.2. The van der Waals surface area contributed by atoms with Crippen LogP contribution in [-0.2, 0) is 13.0 Å². The number of aromatic nitrogens is 1. The molecule has 0 N–H and O–H groups in total. The molecule has 1 nitrogen and oxygen atoms in total. The molecule has 1 heterocycles. The first-order valence-corrected chi connectivity index (χ1v) is 8.35. The third-order valence-electron chi connectivity index (χ3n) is 4.08. The van der Waals surface area contributed by atoms with Crippen LogP contribution in [0.3, 0.4) is 0 Å². The molecule has 0 amide bonds. The van der Waals surface area contributed by atoms with Gasteiger partial charge in [-0.2, -0.15) is 0 Å². The number of benzene rings is 2. The van der Waals surface area contributed by atoms with Crippen molar-refractivity contribution in [3.05, 3.63) is 90.6 Å². The van der Waals surface area contributed by atoms with Gasteiger partial charge in [0.2, 0.25) is 0 Å². The Morgan fingerprint density at radius 3 is 2.40 bits per heavy atom. The molecule has 0 saturated heterocycles. The van der Waals surface area contributed by atoms with Crippen LogP contribution in [0.5, 0.6) is 0 Å². The first kappa shape index (κ1) is 17.4. The highest BCUT2D eigenvalue weighted by molar-refractivity contribution is 5.64. The van der Waals surface area contributed by atoms with Crippen LogP contribution in [0.1, 0.15) is 25.1 Å². The van der Waals surface area contributed by atoms with Crippen molar-refractivity contribution in [3.63, 3.8) is 0 Å². The fraction of sp³-hybridized carbons (Fsp3) is 0.227. The zero-order chi connectivity index (χ0) is 18.0. The summed E-state index contributed by atoms with van der Waals surface area (Å²) >= 11 is 0. The second kappa shape index (κ2) is 6.83. The molecule has 0 saturated carbocycles. The predicted octanol–water partition coefficient (Wildman–Crippen LogP) is 5.88. The van der Waals surface area contributed by atoms with Crippen LogP contribution >= 0.6 is 0 Å². The maximum Gasteiger partial charge on any atom is 0.131 e. The van der Waals surface area contributed by atoms with Gasteiger partial charge in [-0.05, 0) is 48.6 Å². The third-order valence-corrected chi connectivity index (χ3v) is 4.08. The highest BCUT2D eigenvalue weighted by atomic mass is 19.1. The molecule has 1 aromatic heterocycles. The summed E-state index contributed by atoms with van der Waals surface area (Å²) in [6.45, 7) is 8.99. The summed E-state index contributed by atoms with van der Waals surface area (Å²) in [6.07, 6.45) is 2.64. The van der Waals surface area contributed by atoms with Crippen LogP contribution in [-0.4, -0.2) is 4.57 Å². The van der Waals surface area contributed by atoms with E-state index in [-0.39, 0.29) is 11.0 Å². The Morgan fingerprint density at radius 2 is 1.72 bits per heavy atom. The van der Waals surface area contributed by atoms with Crippen molar-refractivity contribution in [2.75, 3.05) is 0 Å². The second-order valence-corrected chi connectivity index (χ2v) is 7.30. The number of rotatable bonds is 5. The Labute approximate surface area is 147 Å². The van der Waals surface area contributed by atoms with E-state index in [1.807, 2.05) is 30.5 Å². The lowest BCUT2D eigenvalue weighted by molar-refractivity contribution is 0.456. The van der Waals surface area contributed by atoms with Crippen LogP contribution in [0.25, 0.3) is 11.1 Å². The van der Waals surface area contributed by atoms with Gasteiger partial charge in [0.1, 0.15) is 11.6 Å². The molecule has 0 atom stereocenters. The van der Waals surface area contributed by atoms with Crippen LogP contribution in [0, 0.1) is 24.0 Å². The molecule has 129 valence electrons. The Balaban J connectivity index is 2.03. The van der Waals surface area contributed by atoms with Crippen molar-refractivity contribution in [2.45, 2.75) is 26.8 Å². The summed E-state index contributed by atoms with van der Waals surface area (Å²) in [5, 5.41) is 0. The standard InChI is InChI=1S/C22H22F2N/c1-22(2,3)13-19-11-17(20-12-18(23)9-10-21(20)24)15-25(19)14-16-7-5-4-6-8-16/h4-12,15H,1,13-14H2,2-3H3. The fourth-order valence-corrected chi connectivity index (χ4v) is 2.99. The molecule has 0 aliphatic rings. The summed E-state index contributed by atoms with van der Waals surface area (Å²) in [5.74, 6) is -0.857. The van der Waals surface area contributed by atoms with Gasteiger partial charge in [0.15, 0.2) is 0 Å². The predicted molar refractivity (Wildman–Crippen MR) is 98.2 cm³/mol. The minimum Gasteiger partial charge on any atom is -0.346 e. The zero-order valence-electron chi connectivity index (χ0n) is 14.6. The minimum atomic E-state index is -0.439. The summed E-state index contributed by atoms with van der Waals surface area (Å²) in [5.41, 5.74) is 3.04. The van der Waals surface area contributed by atoms with Gasteiger partial charge in [0, 0.05) is 29.6 Å². The lowest BCUT2D eigenvalue weighted by Gasteiger charge is -2.19. The van der Waals surface area contributed by atoms with Crippen molar-refractivity contribution < 1.29 is 8.78 Å². The monoisotopic (exact) mass is 338 g/mol. The molecular formula is C22H22F2N. The van der Waals surface area contributed by atoms with Crippen molar-refractivity contribution in [1.29, 1.82) is 0 Å². The molecule has 25 heavy (non-hydrogen) atoms. The Kier molecular flexibility index (Phi) is 4.76. The van der Waals surface area contributed by atoms with Crippen LogP contribution in [0.2, 0.25) is 0 Å². The molecule has 0 spiro atoms. The Morgan fingerprint density at radius 1 is 1.00 bits per heavy atom. The number of halogens is 2. The van der Waals surface area contributed by atoms with Crippen molar-refractivity contribution in [2.24, 2.45) is 5.41 Å². The number of nitrogens with zero attached hydrogens (tertiary/aromatic N) is 1. The molecular weight excluding hydrogens is 316 g/mol. The van der Waals surface area contributed by atoms with Gasteiger partial charge in [-0.15, -0.1) is 0 Å². The van der Waals surface area contributed by atoms with Crippen LogP contribution < -0.4 is 0 Å². The number of hydrogen-bond donors (Lipinski definition) is 0. The quantitative estimate of drug-likeness (QED) is 0.547. The summed E-state index contributed by atoms with van der Waals surface area (Å²) in [7, 11) is 0. The van der Waals surface area contributed by atoms with Crippen LogP contribution in [0.4, 0.5) is 8.78 Å². The molecule has 0 unspecified atom stereocenters. The highest BCUT2D eigenvalue weighted by Crippen LogP contribution is 2.29. The smallest absolute Gasteiger partial charge is 0.131 e. The van der Waals surface area contributed by atoms with E-state index < -0.39 is 11.6 Å². The van der Waals surface area contributed by atoms with Crippen molar-refractivity contribution >= 4 is 0 Å². The van der Waals surface area contributed by atoms with E-state index in [0.29, 0.717) is 12.1 Å². The molecule has 3 aromatic rings. The van der Waals surface area contributed by atoms with Crippen LogP contribution in [0.15, 0.2) is 60.8 Å². The maximum atomic E-state index is 14.2. The Bertz CT molecular complexity index is 857. The van der Waals surface area contributed by atoms with E-state index in [9.17, 15) is 8.78 Å². The van der Waals surface area contributed by atoms with Crippen molar-refractivity contribution in [3.8, 4) is 11.1 Å². The zero-order valence-corrected chi connectivity index (χ0v) is 14.6. The topological polar surface area (TPSA) is 4.93 Å². The van der Waals surface area contributed by atoms with Gasteiger partial charge >= 0.3 is 0 Å². The summed E-state index contributed by atoms with van der Waals surface area (Å²) < 4.78 is 29.8. The van der Waals surface area contributed by atoms with Crippen molar-refractivity contribution in [1.82, 2.24) is 4.57 Å². The first-order valence-electron chi connectivity index (χ1n) is 8.35.